The number of halogens is 3. The molecule has 10 nitrogen and oxygen atoms in total. The second-order valence-electron chi connectivity index (χ2n) is 5.81. The van der Waals surface area contributed by atoms with Gasteiger partial charge in [0.25, 0.3) is 11.8 Å². The second-order valence-corrected chi connectivity index (χ2v) is 9.05. The number of hydrogen-bond donors (Lipinski definition) is 8. The summed E-state index contributed by atoms with van der Waals surface area (Å²) in [5.74, 6) is -1.08. The minimum Gasteiger partial charge on any atom is -0.395 e. The first-order chi connectivity index (χ1) is 13.7. The van der Waals surface area contributed by atoms with E-state index in [-0.39, 0.29) is 37.4 Å². The summed E-state index contributed by atoms with van der Waals surface area (Å²) in [5.41, 5.74) is 0.886. The number of hydrogen-bond acceptors (Lipinski definition) is 8. The average molecular weight is 749 g/mol. The molecule has 0 bridgehead atoms. The third-order valence-electron chi connectivity index (χ3n) is 3.60. The Balaban J connectivity index is 3.39. The van der Waals surface area contributed by atoms with Gasteiger partial charge in [-0.25, -0.2) is 0 Å². The van der Waals surface area contributed by atoms with Gasteiger partial charge < -0.3 is 41.5 Å². The number of benzene rings is 1. The molecule has 0 saturated carbocycles. The lowest BCUT2D eigenvalue weighted by molar-refractivity contribution is 0.0798. The highest BCUT2D eigenvalue weighted by atomic mass is 127. The molecule has 1 rings (SSSR count). The first kappa shape index (κ1) is 27.0. The molecular formula is C16H22I3N3O7. The van der Waals surface area contributed by atoms with Crippen LogP contribution in [0.25, 0.3) is 0 Å². The van der Waals surface area contributed by atoms with Gasteiger partial charge in [-0.1, -0.05) is 0 Å². The van der Waals surface area contributed by atoms with E-state index in [9.17, 15) is 19.8 Å². The Labute approximate surface area is 208 Å². The third kappa shape index (κ3) is 7.54. The molecule has 1 aromatic carbocycles. The largest absolute Gasteiger partial charge is 0.395 e. The number of carbonyl (C=O) groups excluding carboxylic acids is 2. The van der Waals surface area contributed by atoms with E-state index in [4.69, 9.17) is 15.3 Å². The molecule has 0 fully saturated rings. The highest BCUT2D eigenvalue weighted by Crippen LogP contribution is 2.35. The zero-order valence-corrected chi connectivity index (χ0v) is 21.6. The van der Waals surface area contributed by atoms with E-state index in [1.54, 1.807) is 0 Å². The molecule has 2 amide bonds. The molecule has 0 aliphatic rings. The van der Waals surface area contributed by atoms with Crippen LogP contribution in [0.15, 0.2) is 0 Å². The molecule has 0 spiro atoms. The van der Waals surface area contributed by atoms with Crippen molar-refractivity contribution in [1.29, 1.82) is 0 Å². The Morgan fingerprint density at radius 2 is 1.21 bits per heavy atom. The number of nitrogens with one attached hydrogen (secondary N) is 3. The number of anilines is 1. The smallest absolute Gasteiger partial charge is 0.253 e. The number of aliphatic hydroxyl groups excluding tert-OH is 5. The Morgan fingerprint density at radius 3 is 1.55 bits per heavy atom. The topological polar surface area (TPSA) is 171 Å². The van der Waals surface area contributed by atoms with E-state index in [1.165, 1.54) is 0 Å². The van der Waals surface area contributed by atoms with Crippen LogP contribution in [0.1, 0.15) is 20.7 Å². The van der Waals surface area contributed by atoms with Gasteiger partial charge in [0, 0.05) is 23.2 Å². The van der Waals surface area contributed by atoms with Crippen molar-refractivity contribution < 1.29 is 35.1 Å². The Bertz CT molecular complexity index is 683. The summed E-state index contributed by atoms with van der Waals surface area (Å²) in [7, 11) is 0. The summed E-state index contributed by atoms with van der Waals surface area (Å²) >= 11 is 5.80. The van der Waals surface area contributed by atoms with Crippen molar-refractivity contribution in [3.8, 4) is 0 Å². The summed E-state index contributed by atoms with van der Waals surface area (Å²) in [6.45, 7) is -1.32. The quantitative estimate of drug-likeness (QED) is 0.134. The normalized spacial score (nSPS) is 13.0. The summed E-state index contributed by atoms with van der Waals surface area (Å²) in [5, 5.41) is 53.9. The molecule has 0 aromatic heterocycles. The molecule has 0 radical (unpaired) electrons. The SMILES string of the molecule is O=C(NCC(O)CO)c1c(I)c(NCCO)c(I)c(C(=O)NCC(O)CO)c1I. The van der Waals surface area contributed by atoms with Gasteiger partial charge in [-0.2, -0.15) is 0 Å². The van der Waals surface area contributed by atoms with Gasteiger partial charge >= 0.3 is 0 Å². The number of amides is 2. The molecule has 13 heteroatoms. The lowest BCUT2D eigenvalue weighted by Crippen LogP contribution is -2.37. The number of rotatable bonds is 11. The van der Waals surface area contributed by atoms with Crippen LogP contribution >= 0.6 is 67.8 Å². The zero-order chi connectivity index (χ0) is 22.1. The lowest BCUT2D eigenvalue weighted by atomic mass is 10.1. The van der Waals surface area contributed by atoms with Gasteiger partial charge in [-0.3, -0.25) is 9.59 Å². The molecule has 1 aromatic rings. The first-order valence-electron chi connectivity index (χ1n) is 8.38. The van der Waals surface area contributed by atoms with Gasteiger partial charge in [-0.05, 0) is 67.8 Å². The van der Waals surface area contributed by atoms with Gasteiger partial charge in [0.05, 0.1) is 56.0 Å². The molecule has 164 valence electrons. The van der Waals surface area contributed by atoms with Gasteiger partial charge in [0.2, 0.25) is 0 Å². The van der Waals surface area contributed by atoms with E-state index in [0.717, 1.165) is 0 Å². The standard InChI is InChI=1S/C16H22I3N3O7/c17-11-9(15(28)21-3-7(26)5-24)12(18)14(20-1-2-23)13(19)10(11)16(29)22-4-8(27)6-25/h7-8,20,23-27H,1-6H2,(H,21,28)(H,22,29). The summed E-state index contributed by atoms with van der Waals surface area (Å²) in [6.07, 6.45) is -2.24. The van der Waals surface area contributed by atoms with Crippen LogP contribution in [0.2, 0.25) is 0 Å². The monoisotopic (exact) mass is 749 g/mol. The predicted molar refractivity (Wildman–Crippen MR) is 131 cm³/mol. The van der Waals surface area contributed by atoms with Crippen molar-refractivity contribution in [2.24, 2.45) is 0 Å². The molecule has 8 N–H and O–H groups in total. The molecular weight excluding hydrogens is 727 g/mol. The van der Waals surface area contributed by atoms with Crippen molar-refractivity contribution in [3.05, 3.63) is 21.8 Å². The van der Waals surface area contributed by atoms with Crippen LogP contribution in [0.4, 0.5) is 5.69 Å². The highest BCUT2D eigenvalue weighted by Gasteiger charge is 2.28. The van der Waals surface area contributed by atoms with E-state index in [2.05, 4.69) is 16.0 Å². The molecule has 2 atom stereocenters. The Kier molecular flexibility index (Phi) is 12.5. The van der Waals surface area contributed by atoms with E-state index < -0.39 is 37.2 Å². The van der Waals surface area contributed by atoms with Crippen LogP contribution in [0.3, 0.4) is 0 Å². The first-order valence-corrected chi connectivity index (χ1v) is 11.6. The average Bonchev–Trinajstić information content (AvgIpc) is 2.69. The van der Waals surface area contributed by atoms with E-state index in [1.807, 2.05) is 67.8 Å². The maximum Gasteiger partial charge on any atom is 0.253 e. The summed E-state index contributed by atoms with van der Waals surface area (Å²) in [6, 6.07) is 0. The van der Waals surface area contributed by atoms with Crippen molar-refractivity contribution >= 4 is 85.3 Å². The minimum absolute atomic E-state index is 0.160. The van der Waals surface area contributed by atoms with Crippen LogP contribution in [0.5, 0.6) is 0 Å². The van der Waals surface area contributed by atoms with E-state index >= 15 is 0 Å². The number of aliphatic hydroxyl groups is 5. The van der Waals surface area contributed by atoms with Crippen LogP contribution < -0.4 is 16.0 Å². The fourth-order valence-electron chi connectivity index (χ4n) is 2.13. The fourth-order valence-corrected chi connectivity index (χ4v) is 6.65. The van der Waals surface area contributed by atoms with E-state index in [0.29, 0.717) is 16.4 Å². The summed E-state index contributed by atoms with van der Waals surface area (Å²) in [4.78, 5) is 25.5. The van der Waals surface area contributed by atoms with Gasteiger partial charge in [-0.15, -0.1) is 0 Å². The van der Waals surface area contributed by atoms with Crippen molar-refractivity contribution in [2.45, 2.75) is 12.2 Å². The highest BCUT2D eigenvalue weighted by molar-refractivity contribution is 14.1. The molecule has 0 aliphatic heterocycles. The predicted octanol–water partition coefficient (Wildman–Crippen LogP) is -0.929. The molecule has 2 unspecified atom stereocenters. The van der Waals surface area contributed by atoms with Crippen molar-refractivity contribution in [1.82, 2.24) is 10.6 Å². The van der Waals surface area contributed by atoms with Crippen LogP contribution in [0, 0.1) is 10.7 Å². The molecule has 0 saturated heterocycles. The minimum atomic E-state index is -1.12. The van der Waals surface area contributed by atoms with Crippen LogP contribution in [-0.4, -0.2) is 89.0 Å². The summed E-state index contributed by atoms with van der Waals surface area (Å²) < 4.78 is 1.40. The van der Waals surface area contributed by atoms with Gasteiger partial charge in [0.1, 0.15) is 0 Å². The third-order valence-corrected chi connectivity index (χ3v) is 6.84. The van der Waals surface area contributed by atoms with Gasteiger partial charge in [0.15, 0.2) is 0 Å². The van der Waals surface area contributed by atoms with Crippen molar-refractivity contribution in [2.75, 3.05) is 44.8 Å². The molecule has 0 heterocycles. The maximum atomic E-state index is 12.7. The second kappa shape index (κ2) is 13.4. The Morgan fingerprint density at radius 1 is 0.793 bits per heavy atom. The fraction of sp³-hybridized carbons (Fsp3) is 0.500. The Hall–Kier alpha value is -0.0500. The molecule has 0 aliphatic carbocycles. The molecule has 29 heavy (non-hydrogen) atoms. The number of carbonyl (C=O) groups is 2. The zero-order valence-electron chi connectivity index (χ0n) is 15.1. The van der Waals surface area contributed by atoms with Crippen molar-refractivity contribution in [3.63, 3.8) is 0 Å². The van der Waals surface area contributed by atoms with Crippen LogP contribution in [-0.2, 0) is 0 Å². The lowest BCUT2D eigenvalue weighted by Gasteiger charge is -2.20. The maximum absolute atomic E-state index is 12.7.